The van der Waals surface area contributed by atoms with E-state index in [1.807, 2.05) is 11.3 Å². The fourth-order valence-corrected chi connectivity index (χ4v) is 14.9. The minimum Gasteiger partial charge on any atom is -0.456 e. The zero-order valence-electron chi connectivity index (χ0n) is 44.3. The summed E-state index contributed by atoms with van der Waals surface area (Å²) in [6.07, 6.45) is 0. The maximum Gasteiger partial charge on any atom is 0.135 e. The fraction of sp³-hybridized carbons (Fsp3) is 0. The number of fused-ring (bicyclic) bond motifs is 18. The summed E-state index contributed by atoms with van der Waals surface area (Å²) in [6, 6.07) is 103. The van der Waals surface area contributed by atoms with Crippen molar-refractivity contribution in [3.63, 3.8) is 0 Å². The number of rotatable bonds is 6. The summed E-state index contributed by atoms with van der Waals surface area (Å²) in [6.45, 7) is 0. The van der Waals surface area contributed by atoms with Gasteiger partial charge in [-0.05, 0) is 180 Å². The van der Waals surface area contributed by atoms with Gasteiger partial charge in [0, 0.05) is 63.9 Å². The number of hydrogen-bond acceptors (Lipinski definition) is 2. The van der Waals surface area contributed by atoms with E-state index in [4.69, 9.17) is 4.42 Å². The van der Waals surface area contributed by atoms with Crippen molar-refractivity contribution < 1.29 is 4.42 Å². The van der Waals surface area contributed by atoms with Crippen LogP contribution in [0.2, 0.25) is 0 Å². The van der Waals surface area contributed by atoms with Crippen molar-refractivity contribution in [2.45, 2.75) is 0 Å². The van der Waals surface area contributed by atoms with E-state index in [9.17, 15) is 0 Å². The second kappa shape index (κ2) is 17.5. The highest BCUT2D eigenvalue weighted by molar-refractivity contribution is 7.26. The van der Waals surface area contributed by atoms with Gasteiger partial charge in [0.05, 0.1) is 22.1 Å². The van der Waals surface area contributed by atoms with Crippen molar-refractivity contribution in [1.29, 1.82) is 0 Å². The molecular weight excluding hydrogens is 1010 g/mol. The maximum absolute atomic E-state index is 6.57. The van der Waals surface area contributed by atoms with E-state index >= 15 is 0 Å². The van der Waals surface area contributed by atoms with Crippen LogP contribution in [0.1, 0.15) is 0 Å². The molecule has 4 heteroatoms. The molecule has 18 rings (SSSR count). The normalized spacial score (nSPS) is 12.1. The van der Waals surface area contributed by atoms with E-state index in [1.165, 1.54) is 130 Å². The quantitative estimate of drug-likeness (QED) is 0.152. The van der Waals surface area contributed by atoms with Crippen LogP contribution in [-0.2, 0) is 0 Å². The van der Waals surface area contributed by atoms with Crippen molar-refractivity contribution in [1.82, 2.24) is 9.13 Å². The Bertz CT molecular complexity index is 5710. The van der Waals surface area contributed by atoms with E-state index in [-0.39, 0.29) is 0 Å². The molecule has 18 aromatic rings. The van der Waals surface area contributed by atoms with Gasteiger partial charge in [0.15, 0.2) is 0 Å². The van der Waals surface area contributed by atoms with Crippen LogP contribution in [0.5, 0.6) is 0 Å². The molecule has 0 radical (unpaired) electrons. The third-order valence-corrected chi connectivity index (χ3v) is 18.7. The highest BCUT2D eigenvalue weighted by Gasteiger charge is 2.20. The van der Waals surface area contributed by atoms with E-state index in [0.717, 1.165) is 44.4 Å². The van der Waals surface area contributed by atoms with Crippen molar-refractivity contribution in [3.8, 4) is 55.9 Å². The first-order valence-electron chi connectivity index (χ1n) is 28.1. The van der Waals surface area contributed by atoms with Crippen molar-refractivity contribution in [2.24, 2.45) is 0 Å². The molecule has 14 aromatic carbocycles. The van der Waals surface area contributed by atoms with Crippen LogP contribution in [0.3, 0.4) is 0 Å². The van der Waals surface area contributed by atoms with Crippen LogP contribution in [0.25, 0.3) is 174 Å². The van der Waals surface area contributed by atoms with E-state index in [0.29, 0.717) is 0 Å². The Balaban J connectivity index is 0.729. The number of nitrogens with zero attached hydrogens (tertiary/aromatic N) is 2. The fourth-order valence-electron chi connectivity index (χ4n) is 13.7. The molecular formula is C78H46N2OS. The smallest absolute Gasteiger partial charge is 0.135 e. The topological polar surface area (TPSA) is 23.0 Å². The van der Waals surface area contributed by atoms with Crippen molar-refractivity contribution >= 4 is 129 Å². The molecule has 82 heavy (non-hydrogen) atoms. The summed E-state index contributed by atoms with van der Waals surface area (Å²) in [4.78, 5) is 0. The maximum atomic E-state index is 6.57. The zero-order chi connectivity index (χ0) is 53.6. The molecule has 0 aliphatic carbocycles. The lowest BCUT2D eigenvalue weighted by molar-refractivity contribution is 0.669. The minimum absolute atomic E-state index is 0.874. The van der Waals surface area contributed by atoms with E-state index in [1.54, 1.807) is 0 Å². The van der Waals surface area contributed by atoms with Gasteiger partial charge in [0.25, 0.3) is 0 Å². The number of furan rings is 1. The number of aromatic nitrogens is 2. The molecule has 0 aliphatic heterocycles. The highest BCUT2D eigenvalue weighted by Crippen LogP contribution is 2.45. The molecule has 0 spiro atoms. The molecule has 4 aromatic heterocycles. The number of para-hydroxylation sites is 3. The Kier molecular flexibility index (Phi) is 9.67. The first-order valence-corrected chi connectivity index (χ1v) is 28.9. The number of thiophene rings is 1. The summed E-state index contributed by atoms with van der Waals surface area (Å²) < 4.78 is 14.0. The SMILES string of the molecule is c1ccc(-n2c3ccccc3c3cc(-c4ccc5oc6ccc(-n7c8ccccc8c8cc(-c9ccc%10c%11ccccc%11c%11cc(-c%12cccc(-c%13cccc%14c%13sc%13ccccc%13%14)c%12)ccc%11c%10c9)ccc87)cc6c5c4)ccc32)cc1. The summed E-state index contributed by atoms with van der Waals surface area (Å²) in [5.74, 6) is 0. The van der Waals surface area contributed by atoms with Gasteiger partial charge in [-0.15, -0.1) is 11.3 Å². The first-order chi connectivity index (χ1) is 40.6. The van der Waals surface area contributed by atoms with Crippen LogP contribution in [0.4, 0.5) is 0 Å². The Morgan fingerprint density at radius 1 is 0.232 bits per heavy atom. The standard InChI is InChI=1S/C78H46N2OS/c1-2-16-54(17-3-1)79-71-25-9-6-20-61(71)67-44-51(30-36-73(67)79)52-32-38-75-69(45-52)70-46-55(33-39-76(70)81-75)80-72-26-10-7-21-62(72)68-43-50(31-37-74(68)80)49-28-34-59-57-18-4-5-19-58(57)65-41-48(29-35-60(65)66(59)42-49)47-14-12-15-53(40-47)56-23-13-24-64-63-22-8-11-27-77(63)82-78(56)64/h1-46H. The Labute approximate surface area is 475 Å². The molecule has 0 fully saturated rings. The van der Waals surface area contributed by atoms with Crippen LogP contribution in [-0.4, -0.2) is 9.13 Å². The minimum atomic E-state index is 0.874. The molecule has 0 bridgehead atoms. The summed E-state index contributed by atoms with van der Waals surface area (Å²) >= 11 is 1.89. The van der Waals surface area contributed by atoms with Gasteiger partial charge in [-0.1, -0.05) is 176 Å². The lowest BCUT2D eigenvalue weighted by Gasteiger charge is -2.14. The molecule has 0 atom stereocenters. The van der Waals surface area contributed by atoms with Gasteiger partial charge < -0.3 is 13.6 Å². The van der Waals surface area contributed by atoms with Gasteiger partial charge in [-0.25, -0.2) is 0 Å². The van der Waals surface area contributed by atoms with E-state index < -0.39 is 0 Å². The molecule has 0 amide bonds. The molecule has 4 heterocycles. The van der Waals surface area contributed by atoms with Crippen LogP contribution in [0, 0.1) is 0 Å². The third-order valence-electron chi connectivity index (χ3n) is 17.5. The lowest BCUT2D eigenvalue weighted by Crippen LogP contribution is -1.93. The Morgan fingerprint density at radius 2 is 0.671 bits per heavy atom. The monoisotopic (exact) mass is 1060 g/mol. The van der Waals surface area contributed by atoms with Gasteiger partial charge >= 0.3 is 0 Å². The van der Waals surface area contributed by atoms with Crippen LogP contribution < -0.4 is 0 Å². The van der Waals surface area contributed by atoms with Crippen molar-refractivity contribution in [2.75, 3.05) is 0 Å². The molecule has 3 nitrogen and oxygen atoms in total. The Morgan fingerprint density at radius 3 is 1.35 bits per heavy atom. The average molecular weight is 1060 g/mol. The van der Waals surface area contributed by atoms with Gasteiger partial charge in [0.2, 0.25) is 0 Å². The second-order valence-electron chi connectivity index (χ2n) is 21.9. The van der Waals surface area contributed by atoms with Crippen molar-refractivity contribution in [3.05, 3.63) is 279 Å². The van der Waals surface area contributed by atoms with Gasteiger partial charge in [-0.2, -0.15) is 0 Å². The largest absolute Gasteiger partial charge is 0.456 e. The summed E-state index contributed by atoms with van der Waals surface area (Å²) in [5, 5.41) is 17.3. The number of benzene rings is 14. The predicted octanol–water partition coefficient (Wildman–Crippen LogP) is 22.3. The molecule has 0 N–H and O–H groups in total. The first kappa shape index (κ1) is 45.4. The molecule has 380 valence electrons. The highest BCUT2D eigenvalue weighted by atomic mass is 32.1. The molecule has 0 saturated heterocycles. The summed E-state index contributed by atoms with van der Waals surface area (Å²) in [5.41, 5.74) is 18.4. The van der Waals surface area contributed by atoms with Crippen LogP contribution in [0.15, 0.2) is 283 Å². The zero-order valence-corrected chi connectivity index (χ0v) is 45.1. The predicted molar refractivity (Wildman–Crippen MR) is 350 cm³/mol. The molecule has 0 aliphatic rings. The lowest BCUT2D eigenvalue weighted by atomic mass is 9.90. The average Bonchev–Trinajstić information content (AvgIpc) is 4.29. The second-order valence-corrected chi connectivity index (χ2v) is 23.0. The van der Waals surface area contributed by atoms with Gasteiger partial charge in [0.1, 0.15) is 11.2 Å². The Hall–Kier alpha value is -10.5. The third kappa shape index (κ3) is 6.76. The summed E-state index contributed by atoms with van der Waals surface area (Å²) in [7, 11) is 0. The van der Waals surface area contributed by atoms with Crippen LogP contribution >= 0.6 is 11.3 Å². The number of hydrogen-bond donors (Lipinski definition) is 0. The van der Waals surface area contributed by atoms with Gasteiger partial charge in [-0.3, -0.25) is 0 Å². The molecule has 0 unspecified atom stereocenters. The van der Waals surface area contributed by atoms with E-state index in [2.05, 4.69) is 288 Å². The molecule has 0 saturated carbocycles.